The fourth-order valence-corrected chi connectivity index (χ4v) is 3.93. The molecular formula is C21H30O2. The van der Waals surface area contributed by atoms with Crippen molar-refractivity contribution in [3.05, 3.63) is 46.1 Å². The number of aromatic hydroxyl groups is 2. The van der Waals surface area contributed by atoms with E-state index in [0.717, 1.165) is 47.9 Å². The first-order valence-corrected chi connectivity index (χ1v) is 8.66. The quantitative estimate of drug-likeness (QED) is 0.702. The van der Waals surface area contributed by atoms with Crippen LogP contribution in [0.2, 0.25) is 0 Å². The minimum Gasteiger partial charge on any atom is -0.507 e. The molecule has 0 spiro atoms. The zero-order valence-corrected chi connectivity index (χ0v) is 15.2. The van der Waals surface area contributed by atoms with Crippen LogP contribution < -0.4 is 0 Å². The van der Waals surface area contributed by atoms with Crippen LogP contribution in [0.25, 0.3) is 0 Å². The van der Waals surface area contributed by atoms with E-state index in [1.165, 1.54) is 5.57 Å². The van der Waals surface area contributed by atoms with Gasteiger partial charge in [-0.05, 0) is 69.6 Å². The minimum atomic E-state index is 0.00864. The van der Waals surface area contributed by atoms with Gasteiger partial charge in [-0.2, -0.15) is 0 Å². The molecule has 1 aliphatic rings. The maximum atomic E-state index is 10.8. The fraction of sp³-hybridized carbons (Fsp3) is 0.524. The normalized spacial score (nSPS) is 21.2. The molecule has 1 aromatic rings. The van der Waals surface area contributed by atoms with Crippen molar-refractivity contribution in [2.24, 2.45) is 5.92 Å². The topological polar surface area (TPSA) is 40.5 Å². The SMILES string of the molecule is C=C(C)[C@@H]1CCC(C)=CC1c1c(O)c(C)c(CCC)c(C)c1O. The highest BCUT2D eigenvalue weighted by Gasteiger charge is 2.32. The number of allylic oxidation sites excluding steroid dienone is 3. The molecule has 0 aromatic heterocycles. The van der Waals surface area contributed by atoms with Crippen LogP contribution in [0.5, 0.6) is 11.5 Å². The lowest BCUT2D eigenvalue weighted by Crippen LogP contribution is -2.18. The van der Waals surface area contributed by atoms with E-state index in [1.54, 1.807) is 0 Å². The molecule has 2 atom stereocenters. The minimum absolute atomic E-state index is 0.00864. The molecule has 126 valence electrons. The Morgan fingerprint density at radius 2 is 1.74 bits per heavy atom. The van der Waals surface area contributed by atoms with E-state index in [9.17, 15) is 10.2 Å². The van der Waals surface area contributed by atoms with Gasteiger partial charge in [0.15, 0.2) is 0 Å². The second-order valence-corrected chi connectivity index (χ2v) is 7.12. The lowest BCUT2D eigenvalue weighted by molar-refractivity contribution is 0.401. The average molecular weight is 314 g/mol. The van der Waals surface area contributed by atoms with E-state index in [4.69, 9.17) is 0 Å². The number of hydrogen-bond acceptors (Lipinski definition) is 2. The summed E-state index contributed by atoms with van der Waals surface area (Å²) < 4.78 is 0. The van der Waals surface area contributed by atoms with E-state index >= 15 is 0 Å². The second kappa shape index (κ2) is 6.82. The molecule has 1 aliphatic carbocycles. The molecule has 0 bridgehead atoms. The molecule has 2 N–H and O–H groups in total. The molecule has 0 saturated heterocycles. The van der Waals surface area contributed by atoms with Crippen LogP contribution in [0.15, 0.2) is 23.8 Å². The summed E-state index contributed by atoms with van der Waals surface area (Å²) in [5.41, 5.74) is 6.02. The smallest absolute Gasteiger partial charge is 0.126 e. The van der Waals surface area contributed by atoms with Gasteiger partial charge in [0.1, 0.15) is 11.5 Å². The summed E-state index contributed by atoms with van der Waals surface area (Å²) >= 11 is 0. The van der Waals surface area contributed by atoms with E-state index in [-0.39, 0.29) is 23.3 Å². The van der Waals surface area contributed by atoms with Crippen LogP contribution in [0.4, 0.5) is 0 Å². The molecule has 0 fully saturated rings. The molecule has 2 heteroatoms. The van der Waals surface area contributed by atoms with Gasteiger partial charge in [0.25, 0.3) is 0 Å². The monoisotopic (exact) mass is 314 g/mol. The zero-order valence-electron chi connectivity index (χ0n) is 15.2. The number of rotatable bonds is 4. The van der Waals surface area contributed by atoms with Gasteiger partial charge in [-0.25, -0.2) is 0 Å². The van der Waals surface area contributed by atoms with Crippen molar-refractivity contribution < 1.29 is 10.2 Å². The molecule has 1 unspecified atom stereocenters. The average Bonchev–Trinajstić information content (AvgIpc) is 2.49. The first-order chi connectivity index (χ1) is 10.8. The number of hydrogen-bond donors (Lipinski definition) is 2. The Morgan fingerprint density at radius 1 is 1.17 bits per heavy atom. The maximum Gasteiger partial charge on any atom is 0.126 e. The maximum absolute atomic E-state index is 10.8. The molecular weight excluding hydrogens is 284 g/mol. The molecule has 23 heavy (non-hydrogen) atoms. The van der Waals surface area contributed by atoms with Crippen LogP contribution in [-0.4, -0.2) is 10.2 Å². The van der Waals surface area contributed by atoms with Crippen LogP contribution >= 0.6 is 0 Å². The third-order valence-electron chi connectivity index (χ3n) is 5.34. The first kappa shape index (κ1) is 17.7. The van der Waals surface area contributed by atoms with E-state index in [2.05, 4.69) is 26.5 Å². The fourth-order valence-electron chi connectivity index (χ4n) is 3.93. The van der Waals surface area contributed by atoms with Crippen LogP contribution in [0.1, 0.15) is 68.2 Å². The van der Waals surface area contributed by atoms with Crippen molar-refractivity contribution in [1.82, 2.24) is 0 Å². The molecule has 2 nitrogen and oxygen atoms in total. The molecule has 0 saturated carbocycles. The highest BCUT2D eigenvalue weighted by molar-refractivity contribution is 5.60. The number of phenolic OH excluding ortho intramolecular Hbond substituents is 2. The summed E-state index contributed by atoms with van der Waals surface area (Å²) in [7, 11) is 0. The van der Waals surface area contributed by atoms with Crippen molar-refractivity contribution in [1.29, 1.82) is 0 Å². The van der Waals surface area contributed by atoms with Crippen LogP contribution in [0.3, 0.4) is 0 Å². The van der Waals surface area contributed by atoms with Gasteiger partial charge < -0.3 is 10.2 Å². The highest BCUT2D eigenvalue weighted by Crippen LogP contribution is 2.49. The van der Waals surface area contributed by atoms with E-state index in [1.807, 2.05) is 20.8 Å². The Balaban J connectivity index is 2.66. The third kappa shape index (κ3) is 3.17. The Kier molecular flexibility index (Phi) is 5.23. The van der Waals surface area contributed by atoms with Crippen molar-refractivity contribution >= 4 is 0 Å². The van der Waals surface area contributed by atoms with Crippen molar-refractivity contribution in [3.8, 4) is 11.5 Å². The Hall–Kier alpha value is -1.70. The molecule has 0 amide bonds. The van der Waals surface area contributed by atoms with E-state index < -0.39 is 0 Å². The van der Waals surface area contributed by atoms with Gasteiger partial charge in [0, 0.05) is 11.5 Å². The summed E-state index contributed by atoms with van der Waals surface area (Å²) in [6.45, 7) is 14.4. The van der Waals surface area contributed by atoms with Gasteiger partial charge in [-0.1, -0.05) is 37.1 Å². The summed E-state index contributed by atoms with van der Waals surface area (Å²) in [6, 6.07) is 0. The van der Waals surface area contributed by atoms with Crippen molar-refractivity contribution in [2.75, 3.05) is 0 Å². The Morgan fingerprint density at radius 3 is 2.22 bits per heavy atom. The zero-order chi connectivity index (χ0) is 17.3. The predicted octanol–water partition coefficient (Wildman–Crippen LogP) is 5.68. The summed E-state index contributed by atoms with van der Waals surface area (Å²) in [5.74, 6) is 0.804. The largest absolute Gasteiger partial charge is 0.507 e. The van der Waals surface area contributed by atoms with Crippen molar-refractivity contribution in [2.45, 2.75) is 66.2 Å². The molecule has 0 aliphatic heterocycles. The molecule has 0 heterocycles. The lowest BCUT2D eigenvalue weighted by atomic mass is 9.72. The lowest BCUT2D eigenvalue weighted by Gasteiger charge is -2.32. The first-order valence-electron chi connectivity index (χ1n) is 8.66. The Labute approximate surface area is 140 Å². The summed E-state index contributed by atoms with van der Waals surface area (Å²) in [6.07, 6.45) is 6.16. The van der Waals surface area contributed by atoms with E-state index in [0.29, 0.717) is 5.56 Å². The highest BCUT2D eigenvalue weighted by atomic mass is 16.3. The summed E-state index contributed by atoms with van der Waals surface area (Å²) in [4.78, 5) is 0. The standard InChI is InChI=1S/C21H30O2/c1-7-8-17-14(5)20(22)19(21(23)15(17)6)18-11-13(4)9-10-16(18)12(2)3/h11,16,18,22-23H,2,7-10H2,1,3-6H3/t16-,18?/m0/s1. The van der Waals surface area contributed by atoms with Gasteiger partial charge in [-0.15, -0.1) is 0 Å². The van der Waals surface area contributed by atoms with Gasteiger partial charge >= 0.3 is 0 Å². The van der Waals surface area contributed by atoms with Gasteiger partial charge in [0.05, 0.1) is 0 Å². The molecule has 1 aromatic carbocycles. The van der Waals surface area contributed by atoms with Gasteiger partial charge in [-0.3, -0.25) is 0 Å². The van der Waals surface area contributed by atoms with Gasteiger partial charge in [0.2, 0.25) is 0 Å². The number of benzene rings is 1. The predicted molar refractivity (Wildman–Crippen MR) is 97.3 cm³/mol. The molecule has 0 radical (unpaired) electrons. The second-order valence-electron chi connectivity index (χ2n) is 7.12. The number of phenols is 2. The molecule has 2 rings (SSSR count). The third-order valence-corrected chi connectivity index (χ3v) is 5.34. The van der Waals surface area contributed by atoms with Crippen molar-refractivity contribution in [3.63, 3.8) is 0 Å². The van der Waals surface area contributed by atoms with Crippen LogP contribution in [-0.2, 0) is 6.42 Å². The summed E-state index contributed by atoms with van der Waals surface area (Å²) in [5, 5.41) is 21.7. The van der Waals surface area contributed by atoms with Crippen LogP contribution in [0, 0.1) is 19.8 Å². The Bertz CT molecular complexity index is 623.